The number of ether oxygens (including phenoxy) is 1. The molecule has 0 saturated carbocycles. The molecule has 34 heavy (non-hydrogen) atoms. The molecule has 182 valence electrons. The van der Waals surface area contributed by atoms with Crippen LogP contribution in [0.25, 0.3) is 0 Å². The molecule has 11 heteroatoms. The quantitative estimate of drug-likeness (QED) is 0.698. The summed E-state index contributed by atoms with van der Waals surface area (Å²) in [5, 5.41) is 10.1. The minimum atomic E-state index is -5.08. The largest absolute Gasteiger partial charge is 0.490 e. The Labute approximate surface area is 193 Å². The maximum absolute atomic E-state index is 13.0. The van der Waals surface area contributed by atoms with Gasteiger partial charge in [-0.25, -0.2) is 9.78 Å². The van der Waals surface area contributed by atoms with Crippen molar-refractivity contribution in [3.8, 4) is 5.88 Å². The van der Waals surface area contributed by atoms with Crippen molar-refractivity contribution < 1.29 is 37.4 Å². The molecule has 4 rings (SSSR count). The second-order valence-electron chi connectivity index (χ2n) is 8.14. The highest BCUT2D eigenvalue weighted by atomic mass is 19.4. The van der Waals surface area contributed by atoms with E-state index in [0.717, 1.165) is 5.56 Å². The van der Waals surface area contributed by atoms with Crippen LogP contribution in [0.5, 0.6) is 5.88 Å². The van der Waals surface area contributed by atoms with E-state index >= 15 is 0 Å². The Morgan fingerprint density at radius 1 is 1.24 bits per heavy atom. The highest BCUT2D eigenvalue weighted by Gasteiger charge is 2.55. The monoisotopic (exact) mass is 479 g/mol. The van der Waals surface area contributed by atoms with Crippen LogP contribution in [0.4, 0.5) is 13.2 Å². The van der Waals surface area contributed by atoms with Crippen molar-refractivity contribution in [1.82, 2.24) is 15.2 Å². The first kappa shape index (κ1) is 25.0. The maximum Gasteiger partial charge on any atom is 0.490 e. The Hall–Kier alpha value is -3.63. The lowest BCUT2D eigenvalue weighted by Gasteiger charge is -2.28. The van der Waals surface area contributed by atoms with Gasteiger partial charge in [-0.05, 0) is 31.0 Å². The number of rotatable bonds is 4. The van der Waals surface area contributed by atoms with Gasteiger partial charge in [0, 0.05) is 43.4 Å². The third kappa shape index (κ3) is 5.46. The fraction of sp³-hybridized carbons (Fsp3) is 0.391. The molecule has 8 nitrogen and oxygen atoms in total. The molecule has 2 aromatic rings. The number of halogens is 3. The molecule has 3 heterocycles. The molecule has 0 aliphatic carbocycles. The predicted octanol–water partition coefficient (Wildman–Crippen LogP) is 2.68. The Morgan fingerprint density at radius 2 is 1.91 bits per heavy atom. The van der Waals surface area contributed by atoms with Crippen molar-refractivity contribution >= 4 is 17.8 Å². The summed E-state index contributed by atoms with van der Waals surface area (Å²) in [6.07, 6.45) is -2.74. The van der Waals surface area contributed by atoms with E-state index in [-0.39, 0.29) is 17.7 Å². The third-order valence-corrected chi connectivity index (χ3v) is 6.02. The van der Waals surface area contributed by atoms with Crippen molar-refractivity contribution in [2.75, 3.05) is 26.2 Å². The number of carbonyl (C=O) groups is 3. The number of nitrogens with zero attached hydrogens (tertiary/aromatic N) is 2. The maximum atomic E-state index is 13.0. The number of pyridine rings is 1. The molecule has 2 saturated heterocycles. The zero-order chi connectivity index (χ0) is 24.9. The molecule has 0 unspecified atom stereocenters. The van der Waals surface area contributed by atoms with Crippen molar-refractivity contribution in [3.05, 3.63) is 59.8 Å². The van der Waals surface area contributed by atoms with Crippen LogP contribution in [0.2, 0.25) is 0 Å². The number of nitrogens with one attached hydrogen (secondary N) is 1. The number of amides is 2. The predicted molar refractivity (Wildman–Crippen MR) is 114 cm³/mol. The first-order chi connectivity index (χ1) is 16.0. The van der Waals surface area contributed by atoms with Crippen molar-refractivity contribution in [1.29, 1.82) is 0 Å². The second-order valence-corrected chi connectivity index (χ2v) is 8.14. The molecule has 2 fully saturated rings. The summed E-state index contributed by atoms with van der Waals surface area (Å²) >= 11 is 0. The van der Waals surface area contributed by atoms with E-state index < -0.39 is 17.6 Å². The van der Waals surface area contributed by atoms with Crippen LogP contribution in [-0.2, 0) is 9.59 Å². The van der Waals surface area contributed by atoms with Gasteiger partial charge in [0.15, 0.2) is 0 Å². The minimum Gasteiger partial charge on any atom is -0.477 e. The number of carboxylic acid groups (broad SMARTS) is 1. The van der Waals surface area contributed by atoms with Crippen LogP contribution < -0.4 is 10.1 Å². The Kier molecular flexibility index (Phi) is 7.43. The number of benzene rings is 1. The summed E-state index contributed by atoms with van der Waals surface area (Å²) < 4.78 is 37.6. The van der Waals surface area contributed by atoms with Crippen LogP contribution in [0.3, 0.4) is 0 Å². The number of aliphatic carboxylic acids is 1. The van der Waals surface area contributed by atoms with Crippen molar-refractivity contribution in [2.24, 2.45) is 11.3 Å². The molecule has 2 amide bonds. The van der Waals surface area contributed by atoms with E-state index in [1.807, 2.05) is 43.3 Å². The van der Waals surface area contributed by atoms with Gasteiger partial charge >= 0.3 is 12.1 Å². The van der Waals surface area contributed by atoms with Crippen LogP contribution >= 0.6 is 0 Å². The summed E-state index contributed by atoms with van der Waals surface area (Å²) in [7, 11) is 0. The molecule has 0 radical (unpaired) electrons. The number of hydrogen-bond donors (Lipinski definition) is 2. The van der Waals surface area contributed by atoms with E-state index in [1.54, 1.807) is 17.2 Å². The van der Waals surface area contributed by atoms with E-state index in [9.17, 15) is 22.8 Å². The highest BCUT2D eigenvalue weighted by molar-refractivity contribution is 5.97. The number of alkyl halides is 3. The molecule has 2 aliphatic rings. The summed E-state index contributed by atoms with van der Waals surface area (Å²) in [5.74, 6) is -2.17. The normalized spacial score (nSPS) is 21.6. The van der Waals surface area contributed by atoms with Crippen LogP contribution in [-0.4, -0.2) is 65.2 Å². The molecular weight excluding hydrogens is 455 g/mol. The van der Waals surface area contributed by atoms with Crippen LogP contribution in [0, 0.1) is 18.3 Å². The fourth-order valence-electron chi connectivity index (χ4n) is 4.12. The number of aromatic nitrogens is 1. The van der Waals surface area contributed by atoms with Gasteiger partial charge in [0.05, 0.1) is 12.0 Å². The molecule has 2 atom stereocenters. The summed E-state index contributed by atoms with van der Waals surface area (Å²) in [5.41, 5.74) is 1.08. The highest BCUT2D eigenvalue weighted by Crippen LogP contribution is 2.42. The molecule has 1 spiro atoms. The van der Waals surface area contributed by atoms with E-state index in [1.165, 1.54) is 0 Å². The van der Waals surface area contributed by atoms with E-state index in [2.05, 4.69) is 10.3 Å². The van der Waals surface area contributed by atoms with Crippen LogP contribution in [0.15, 0.2) is 48.7 Å². The molecule has 2 N–H and O–H groups in total. The molecule has 1 aromatic carbocycles. The zero-order valence-electron chi connectivity index (χ0n) is 18.3. The topological polar surface area (TPSA) is 109 Å². The molecule has 0 bridgehead atoms. The minimum absolute atomic E-state index is 0.00549. The van der Waals surface area contributed by atoms with Gasteiger partial charge in [-0.1, -0.05) is 24.3 Å². The average molecular weight is 479 g/mol. The van der Waals surface area contributed by atoms with E-state index in [4.69, 9.17) is 14.6 Å². The van der Waals surface area contributed by atoms with Gasteiger partial charge in [-0.3, -0.25) is 9.59 Å². The third-order valence-electron chi connectivity index (χ3n) is 6.02. The van der Waals surface area contributed by atoms with Gasteiger partial charge in [0.1, 0.15) is 0 Å². The lowest BCUT2D eigenvalue weighted by Crippen LogP contribution is -2.41. The van der Waals surface area contributed by atoms with Gasteiger partial charge in [-0.15, -0.1) is 0 Å². The Morgan fingerprint density at radius 3 is 2.53 bits per heavy atom. The lowest BCUT2D eigenvalue weighted by molar-refractivity contribution is -0.192. The van der Waals surface area contributed by atoms with Gasteiger partial charge < -0.3 is 20.1 Å². The molecule has 2 aliphatic heterocycles. The summed E-state index contributed by atoms with van der Waals surface area (Å²) in [6.45, 7) is 3.92. The van der Waals surface area contributed by atoms with E-state index in [0.29, 0.717) is 44.1 Å². The van der Waals surface area contributed by atoms with Gasteiger partial charge in [0.2, 0.25) is 11.8 Å². The van der Waals surface area contributed by atoms with Crippen molar-refractivity contribution in [3.63, 3.8) is 0 Å². The number of carbonyl (C=O) groups excluding carboxylic acids is 2. The SMILES string of the molecule is Cc1ccccc1C(=O)N1CC[C@]2(C1)C(=O)NC[C@@H]2COc1ccccn1.O=C(O)C(F)(F)F. The summed E-state index contributed by atoms with van der Waals surface area (Å²) in [4.78, 5) is 40.5. The number of carboxylic acids is 1. The summed E-state index contributed by atoms with van der Waals surface area (Å²) in [6, 6.07) is 13.1. The zero-order valence-corrected chi connectivity index (χ0v) is 18.3. The first-order valence-electron chi connectivity index (χ1n) is 10.5. The fourth-order valence-corrected chi connectivity index (χ4v) is 4.12. The lowest BCUT2D eigenvalue weighted by atomic mass is 9.77. The van der Waals surface area contributed by atoms with Crippen molar-refractivity contribution in [2.45, 2.75) is 19.5 Å². The Bertz CT molecular complexity index is 1050. The Balaban J connectivity index is 0.000000406. The molecule has 1 aromatic heterocycles. The smallest absolute Gasteiger partial charge is 0.477 e. The molecular formula is C23H24F3N3O5. The number of hydrogen-bond acceptors (Lipinski definition) is 5. The standard InChI is InChI=1S/C21H23N3O3.C2HF3O2/c1-15-6-2-3-7-17(15)19(25)24-11-9-21(14-24)16(12-23-20(21)26)13-27-18-8-4-5-10-22-18;3-2(4,5)1(6)7/h2-8,10,16H,9,11-14H2,1H3,(H,23,26);(H,6,7)/t16-,21-;/m1./s1. The van der Waals surface area contributed by atoms with Gasteiger partial charge in [-0.2, -0.15) is 13.2 Å². The second kappa shape index (κ2) is 10.1. The average Bonchev–Trinajstić information content (AvgIpc) is 3.38. The first-order valence-corrected chi connectivity index (χ1v) is 10.5. The van der Waals surface area contributed by atoms with Gasteiger partial charge in [0.25, 0.3) is 5.91 Å². The number of aryl methyl sites for hydroxylation is 1. The number of likely N-dealkylation sites (tertiary alicyclic amines) is 1. The van der Waals surface area contributed by atoms with Crippen LogP contribution in [0.1, 0.15) is 22.3 Å².